The normalized spacial score (nSPS) is 18.1. The topological polar surface area (TPSA) is 45.4 Å². The van der Waals surface area contributed by atoms with Gasteiger partial charge in [0, 0.05) is 51.0 Å². The second-order valence-electron chi connectivity index (χ2n) is 5.82. The highest BCUT2D eigenvalue weighted by Gasteiger charge is 2.32. The van der Waals surface area contributed by atoms with Crippen molar-refractivity contribution in [3.63, 3.8) is 0 Å². The van der Waals surface area contributed by atoms with E-state index in [9.17, 15) is 0 Å². The van der Waals surface area contributed by atoms with Crippen molar-refractivity contribution in [3.05, 3.63) is 30.1 Å². The number of nitrogens with two attached hydrogens (primary N) is 1. The molecule has 20 heavy (non-hydrogen) atoms. The number of rotatable bonds is 5. The Balaban J connectivity index is 1.79. The number of nitrogens with zero attached hydrogens (tertiary/aromatic N) is 3. The van der Waals surface area contributed by atoms with E-state index in [0.717, 1.165) is 39.1 Å². The predicted octanol–water partition coefficient (Wildman–Crippen LogP) is 1.31. The monoisotopic (exact) mass is 292 g/mol. The van der Waals surface area contributed by atoms with Crippen LogP contribution in [0, 0.1) is 0 Å². The van der Waals surface area contributed by atoms with Gasteiger partial charge in [-0.2, -0.15) is 0 Å². The van der Waals surface area contributed by atoms with E-state index in [2.05, 4.69) is 34.7 Å². The molecule has 5 heteroatoms. The molecule has 1 aromatic heterocycles. The number of piperazine rings is 1. The molecular weight excluding hydrogens is 268 g/mol. The lowest BCUT2D eigenvalue weighted by atomic mass is 10.0. The Bertz CT molecular complexity index is 438. The fourth-order valence-electron chi connectivity index (χ4n) is 2.51. The average molecular weight is 292 g/mol. The van der Waals surface area contributed by atoms with Crippen molar-refractivity contribution in [1.82, 2.24) is 14.8 Å². The van der Waals surface area contributed by atoms with Crippen molar-refractivity contribution < 1.29 is 0 Å². The Hall–Kier alpha value is -1.04. The summed E-state index contributed by atoms with van der Waals surface area (Å²) in [4.78, 5) is 9.82. The van der Waals surface area contributed by atoms with Crippen molar-refractivity contribution >= 4 is 17.2 Å². The van der Waals surface area contributed by atoms with Crippen LogP contribution in [-0.4, -0.2) is 58.0 Å². The SMILES string of the molecule is CC(C)(C(N)=S)N1CCN(CCc2ccccn2)CC1. The summed E-state index contributed by atoms with van der Waals surface area (Å²) >= 11 is 5.17. The van der Waals surface area contributed by atoms with Gasteiger partial charge in [-0.15, -0.1) is 0 Å². The standard InChI is InChI=1S/C15H24N4S/c1-15(2,14(16)20)19-11-9-18(10-12-19)8-6-13-5-3-4-7-17-13/h3-5,7H,6,8-12H2,1-2H3,(H2,16,20). The van der Waals surface area contributed by atoms with Gasteiger partial charge in [-0.1, -0.05) is 18.3 Å². The molecule has 0 unspecified atom stereocenters. The lowest BCUT2D eigenvalue weighted by Crippen LogP contribution is -2.59. The van der Waals surface area contributed by atoms with Gasteiger partial charge < -0.3 is 10.6 Å². The van der Waals surface area contributed by atoms with E-state index in [4.69, 9.17) is 18.0 Å². The van der Waals surface area contributed by atoms with Crippen LogP contribution < -0.4 is 5.73 Å². The van der Waals surface area contributed by atoms with Crippen LogP contribution in [0.1, 0.15) is 19.5 Å². The summed E-state index contributed by atoms with van der Waals surface area (Å²) in [5.74, 6) is 0. The molecule has 0 bridgehead atoms. The maximum Gasteiger partial charge on any atom is 0.0928 e. The Morgan fingerprint density at radius 3 is 2.55 bits per heavy atom. The number of thiocarbonyl (C=S) groups is 1. The molecule has 1 aliphatic heterocycles. The molecule has 0 amide bonds. The van der Waals surface area contributed by atoms with Crippen molar-refractivity contribution in [2.75, 3.05) is 32.7 Å². The first-order valence-electron chi connectivity index (χ1n) is 7.17. The van der Waals surface area contributed by atoms with Crippen molar-refractivity contribution in [2.45, 2.75) is 25.8 Å². The zero-order chi connectivity index (χ0) is 14.6. The van der Waals surface area contributed by atoms with Gasteiger partial charge in [-0.05, 0) is 26.0 Å². The third-order valence-electron chi connectivity index (χ3n) is 4.18. The quantitative estimate of drug-likeness (QED) is 0.829. The Kier molecular flexibility index (Phi) is 5.07. The third kappa shape index (κ3) is 3.75. The molecule has 1 fully saturated rings. The number of aromatic nitrogens is 1. The van der Waals surface area contributed by atoms with Gasteiger partial charge in [0.05, 0.1) is 10.5 Å². The highest BCUT2D eigenvalue weighted by atomic mass is 32.1. The molecular formula is C15H24N4S. The van der Waals surface area contributed by atoms with Gasteiger partial charge >= 0.3 is 0 Å². The molecule has 2 N–H and O–H groups in total. The minimum absolute atomic E-state index is 0.178. The molecule has 0 radical (unpaired) electrons. The third-order valence-corrected chi connectivity index (χ3v) is 4.68. The van der Waals surface area contributed by atoms with Crippen molar-refractivity contribution in [1.29, 1.82) is 0 Å². The summed E-state index contributed by atoms with van der Waals surface area (Å²) in [5.41, 5.74) is 6.83. The molecule has 0 aromatic carbocycles. The van der Waals surface area contributed by atoms with Gasteiger partial charge in [-0.25, -0.2) is 0 Å². The molecule has 1 aromatic rings. The van der Waals surface area contributed by atoms with Crippen molar-refractivity contribution in [2.24, 2.45) is 5.73 Å². The molecule has 0 saturated carbocycles. The lowest BCUT2D eigenvalue weighted by molar-refractivity contribution is 0.0866. The van der Waals surface area contributed by atoms with Crippen LogP contribution in [0.5, 0.6) is 0 Å². The van der Waals surface area contributed by atoms with Gasteiger partial charge in [0.2, 0.25) is 0 Å². The van der Waals surface area contributed by atoms with E-state index in [1.807, 2.05) is 18.3 Å². The fraction of sp³-hybridized carbons (Fsp3) is 0.600. The zero-order valence-electron chi connectivity index (χ0n) is 12.4. The van der Waals surface area contributed by atoms with Gasteiger partial charge in [-0.3, -0.25) is 9.88 Å². The van der Waals surface area contributed by atoms with Crippen LogP contribution in [0.2, 0.25) is 0 Å². The number of pyridine rings is 1. The molecule has 1 aliphatic rings. The first kappa shape index (κ1) is 15.4. The van der Waals surface area contributed by atoms with E-state index in [0.29, 0.717) is 4.99 Å². The van der Waals surface area contributed by atoms with Crippen LogP contribution in [0.15, 0.2) is 24.4 Å². The highest BCUT2D eigenvalue weighted by molar-refractivity contribution is 7.80. The summed E-state index contributed by atoms with van der Waals surface area (Å²) in [6.45, 7) is 9.47. The fourth-order valence-corrected chi connectivity index (χ4v) is 2.63. The van der Waals surface area contributed by atoms with E-state index < -0.39 is 0 Å². The summed E-state index contributed by atoms with van der Waals surface area (Å²) in [6.07, 6.45) is 2.87. The predicted molar refractivity (Wildman–Crippen MR) is 86.8 cm³/mol. The summed E-state index contributed by atoms with van der Waals surface area (Å²) in [5, 5.41) is 0. The average Bonchev–Trinajstić information content (AvgIpc) is 2.46. The van der Waals surface area contributed by atoms with E-state index >= 15 is 0 Å². The number of hydrogen-bond acceptors (Lipinski definition) is 4. The second-order valence-corrected chi connectivity index (χ2v) is 6.26. The van der Waals surface area contributed by atoms with Crippen molar-refractivity contribution in [3.8, 4) is 0 Å². The second kappa shape index (κ2) is 6.61. The van der Waals surface area contributed by atoms with Crippen LogP contribution in [0.4, 0.5) is 0 Å². The van der Waals surface area contributed by atoms with Gasteiger partial charge in [0.1, 0.15) is 0 Å². The molecule has 4 nitrogen and oxygen atoms in total. The van der Waals surface area contributed by atoms with Crippen LogP contribution in [0.3, 0.4) is 0 Å². The van der Waals surface area contributed by atoms with E-state index in [-0.39, 0.29) is 5.54 Å². The Morgan fingerprint density at radius 1 is 1.30 bits per heavy atom. The molecule has 0 aliphatic carbocycles. The van der Waals surface area contributed by atoms with Gasteiger partial charge in [0.25, 0.3) is 0 Å². The molecule has 0 atom stereocenters. The maximum atomic E-state index is 5.84. The summed E-state index contributed by atoms with van der Waals surface area (Å²) in [6, 6.07) is 6.09. The molecule has 110 valence electrons. The minimum atomic E-state index is -0.178. The molecule has 0 spiro atoms. The first-order chi connectivity index (χ1) is 9.50. The molecule has 2 heterocycles. The minimum Gasteiger partial charge on any atom is -0.392 e. The largest absolute Gasteiger partial charge is 0.392 e. The summed E-state index contributed by atoms with van der Waals surface area (Å²) < 4.78 is 0. The highest BCUT2D eigenvalue weighted by Crippen LogP contribution is 2.17. The van der Waals surface area contributed by atoms with E-state index in [1.165, 1.54) is 5.69 Å². The van der Waals surface area contributed by atoms with Gasteiger partial charge in [0.15, 0.2) is 0 Å². The Labute approximate surface area is 127 Å². The Morgan fingerprint density at radius 2 is 2.00 bits per heavy atom. The van der Waals surface area contributed by atoms with Crippen LogP contribution in [0.25, 0.3) is 0 Å². The molecule has 1 saturated heterocycles. The summed E-state index contributed by atoms with van der Waals surface area (Å²) in [7, 11) is 0. The number of hydrogen-bond donors (Lipinski definition) is 1. The smallest absolute Gasteiger partial charge is 0.0928 e. The van der Waals surface area contributed by atoms with E-state index in [1.54, 1.807) is 0 Å². The lowest BCUT2D eigenvalue weighted by Gasteiger charge is -2.43. The van der Waals surface area contributed by atoms with Crippen LogP contribution >= 0.6 is 12.2 Å². The molecule has 2 rings (SSSR count). The first-order valence-corrected chi connectivity index (χ1v) is 7.58. The maximum absolute atomic E-state index is 5.84. The van der Waals surface area contributed by atoms with Crippen LogP contribution in [-0.2, 0) is 6.42 Å². The zero-order valence-corrected chi connectivity index (χ0v) is 13.2.